The average molecular weight is 342 g/mol. The summed E-state index contributed by atoms with van der Waals surface area (Å²) in [5.74, 6) is -0.575. The van der Waals surface area contributed by atoms with Crippen LogP contribution in [0.15, 0.2) is 29.2 Å². The van der Waals surface area contributed by atoms with E-state index < -0.39 is 10.0 Å². The zero-order valence-electron chi connectivity index (χ0n) is 12.4. The fourth-order valence-corrected chi connectivity index (χ4v) is 3.15. The molecule has 1 fully saturated rings. The second kappa shape index (κ2) is 7.64. The Balaban J connectivity index is 2.01. The number of nitrogens with zero attached hydrogens (tertiary/aromatic N) is 1. The normalized spacial score (nSPS) is 15.4. The predicted octanol–water partition coefficient (Wildman–Crippen LogP) is -0.373. The molecule has 126 valence electrons. The van der Waals surface area contributed by atoms with E-state index in [-0.39, 0.29) is 55.9 Å². The van der Waals surface area contributed by atoms with Crippen LogP contribution in [0.4, 0.5) is 5.69 Å². The second-order valence-corrected chi connectivity index (χ2v) is 6.62. The Hall–Kier alpha value is -1.81. The Morgan fingerprint density at radius 3 is 2.26 bits per heavy atom. The summed E-state index contributed by atoms with van der Waals surface area (Å²) in [5, 5.41) is 8.54. The number of aliphatic hydroxyl groups is 1. The molecule has 9 heteroatoms. The lowest BCUT2D eigenvalue weighted by atomic mass is 10.3. The van der Waals surface area contributed by atoms with Crippen molar-refractivity contribution in [2.75, 3.05) is 31.3 Å². The van der Waals surface area contributed by atoms with E-state index in [9.17, 15) is 18.0 Å². The molecule has 2 rings (SSSR count). The van der Waals surface area contributed by atoms with Gasteiger partial charge in [-0.25, -0.2) is 13.1 Å². The number of hydrogen-bond donors (Lipinski definition) is 2. The maximum Gasteiger partial charge on any atom is 0.240 e. The summed E-state index contributed by atoms with van der Waals surface area (Å²) in [6, 6.07) is 5.53. The van der Waals surface area contributed by atoms with Gasteiger partial charge in [-0.15, -0.1) is 0 Å². The third kappa shape index (κ3) is 4.35. The molecule has 8 nitrogen and oxygen atoms in total. The number of sulfonamides is 1. The highest BCUT2D eigenvalue weighted by Crippen LogP contribution is 2.23. The molecule has 0 atom stereocenters. The first-order valence-electron chi connectivity index (χ1n) is 7.10. The zero-order chi connectivity index (χ0) is 16.9. The Kier molecular flexibility index (Phi) is 5.83. The molecule has 0 aliphatic carbocycles. The van der Waals surface area contributed by atoms with E-state index in [0.717, 1.165) is 4.90 Å². The topological polar surface area (TPSA) is 113 Å². The van der Waals surface area contributed by atoms with Gasteiger partial charge < -0.3 is 9.84 Å². The van der Waals surface area contributed by atoms with Gasteiger partial charge in [-0.1, -0.05) is 0 Å². The van der Waals surface area contributed by atoms with Gasteiger partial charge in [0.15, 0.2) is 0 Å². The molecule has 0 bridgehead atoms. The molecule has 2 amide bonds. The number of nitrogens with one attached hydrogen (secondary N) is 1. The first-order valence-corrected chi connectivity index (χ1v) is 8.58. The van der Waals surface area contributed by atoms with E-state index in [1.807, 2.05) is 0 Å². The molecule has 1 aromatic carbocycles. The third-order valence-electron chi connectivity index (χ3n) is 3.23. The molecular weight excluding hydrogens is 324 g/mol. The quantitative estimate of drug-likeness (QED) is 0.492. The number of ether oxygens (including phenoxy) is 1. The van der Waals surface area contributed by atoms with E-state index in [1.54, 1.807) is 0 Å². The first-order chi connectivity index (χ1) is 11.0. The molecule has 0 spiro atoms. The number of hydrogen-bond acceptors (Lipinski definition) is 6. The minimum Gasteiger partial charge on any atom is -0.394 e. The van der Waals surface area contributed by atoms with Crippen molar-refractivity contribution in [3.8, 4) is 0 Å². The van der Waals surface area contributed by atoms with Crippen molar-refractivity contribution in [1.29, 1.82) is 0 Å². The fourth-order valence-electron chi connectivity index (χ4n) is 2.14. The van der Waals surface area contributed by atoms with Crippen molar-refractivity contribution in [3.63, 3.8) is 0 Å². The number of benzene rings is 1. The summed E-state index contributed by atoms with van der Waals surface area (Å²) in [7, 11) is -3.70. The van der Waals surface area contributed by atoms with Gasteiger partial charge in [-0.2, -0.15) is 0 Å². The number of rotatable bonds is 8. The lowest BCUT2D eigenvalue weighted by Crippen LogP contribution is -2.29. The van der Waals surface area contributed by atoms with Crippen molar-refractivity contribution < 1.29 is 27.9 Å². The van der Waals surface area contributed by atoms with Crippen LogP contribution in [-0.2, 0) is 24.3 Å². The summed E-state index contributed by atoms with van der Waals surface area (Å²) < 4.78 is 31.4. The molecule has 0 aromatic heterocycles. The molecular formula is C14H18N2O6S. The molecule has 0 saturated carbocycles. The molecule has 2 N–H and O–H groups in total. The number of carbonyl (C=O) groups excluding carboxylic acids is 2. The van der Waals surface area contributed by atoms with Gasteiger partial charge in [0.25, 0.3) is 0 Å². The molecule has 1 aromatic rings. The third-order valence-corrected chi connectivity index (χ3v) is 4.71. The number of aliphatic hydroxyl groups excluding tert-OH is 1. The highest BCUT2D eigenvalue weighted by Gasteiger charge is 2.30. The summed E-state index contributed by atoms with van der Waals surface area (Å²) in [6.45, 7) is 0.248. The van der Waals surface area contributed by atoms with Crippen LogP contribution in [0.5, 0.6) is 0 Å². The van der Waals surface area contributed by atoms with Gasteiger partial charge >= 0.3 is 0 Å². The zero-order valence-corrected chi connectivity index (χ0v) is 13.2. The van der Waals surface area contributed by atoms with Gasteiger partial charge in [0.1, 0.15) is 0 Å². The monoisotopic (exact) mass is 342 g/mol. The minimum absolute atomic E-state index is 0.0301. The molecule has 1 aliphatic heterocycles. The van der Waals surface area contributed by atoms with Crippen LogP contribution in [0.2, 0.25) is 0 Å². The maximum absolute atomic E-state index is 12.1. The van der Waals surface area contributed by atoms with Crippen LogP contribution in [0.3, 0.4) is 0 Å². The lowest BCUT2D eigenvalue weighted by Gasteiger charge is -2.14. The Morgan fingerprint density at radius 1 is 1.09 bits per heavy atom. The number of anilines is 1. The molecule has 0 radical (unpaired) electrons. The Morgan fingerprint density at radius 2 is 1.70 bits per heavy atom. The highest BCUT2D eigenvalue weighted by atomic mass is 32.2. The van der Waals surface area contributed by atoms with Crippen LogP contribution >= 0.6 is 0 Å². The van der Waals surface area contributed by atoms with Gasteiger partial charge in [0.05, 0.1) is 30.4 Å². The Labute approximate surface area is 134 Å². The van der Waals surface area contributed by atoms with Crippen LogP contribution in [0.25, 0.3) is 0 Å². The van der Waals surface area contributed by atoms with Crippen molar-refractivity contribution in [1.82, 2.24) is 4.72 Å². The minimum atomic E-state index is -3.70. The molecule has 23 heavy (non-hydrogen) atoms. The SMILES string of the molecule is O=C1CCC(=O)N1c1ccc(S(=O)(=O)NCCOCCO)cc1. The van der Waals surface area contributed by atoms with Crippen molar-refractivity contribution in [2.24, 2.45) is 0 Å². The van der Waals surface area contributed by atoms with Crippen molar-refractivity contribution in [3.05, 3.63) is 24.3 Å². The van der Waals surface area contributed by atoms with Crippen LogP contribution in [-0.4, -0.2) is 51.7 Å². The van der Waals surface area contributed by atoms with Crippen molar-refractivity contribution in [2.45, 2.75) is 17.7 Å². The average Bonchev–Trinajstić information content (AvgIpc) is 2.86. The van der Waals surface area contributed by atoms with E-state index in [0.29, 0.717) is 5.69 Å². The first kappa shape index (κ1) is 17.5. The van der Waals surface area contributed by atoms with E-state index in [4.69, 9.17) is 9.84 Å². The number of amides is 2. The number of imide groups is 1. The van der Waals surface area contributed by atoms with E-state index in [2.05, 4.69) is 4.72 Å². The van der Waals surface area contributed by atoms with E-state index >= 15 is 0 Å². The fraction of sp³-hybridized carbons (Fsp3) is 0.429. The maximum atomic E-state index is 12.1. The molecule has 1 heterocycles. The van der Waals surface area contributed by atoms with Gasteiger partial charge in [-0.05, 0) is 24.3 Å². The van der Waals surface area contributed by atoms with Crippen LogP contribution < -0.4 is 9.62 Å². The highest BCUT2D eigenvalue weighted by molar-refractivity contribution is 7.89. The van der Waals surface area contributed by atoms with Crippen molar-refractivity contribution >= 4 is 27.5 Å². The summed E-state index contributed by atoms with van der Waals surface area (Å²) >= 11 is 0. The summed E-state index contributed by atoms with van der Waals surface area (Å²) in [6.07, 6.45) is 0.350. The molecule has 1 aliphatic rings. The predicted molar refractivity (Wildman–Crippen MR) is 81.3 cm³/mol. The Bertz CT molecular complexity index is 655. The number of carbonyl (C=O) groups is 2. The summed E-state index contributed by atoms with van der Waals surface area (Å²) in [4.78, 5) is 24.4. The smallest absolute Gasteiger partial charge is 0.240 e. The van der Waals surface area contributed by atoms with Crippen LogP contribution in [0.1, 0.15) is 12.8 Å². The lowest BCUT2D eigenvalue weighted by molar-refractivity contribution is -0.121. The largest absolute Gasteiger partial charge is 0.394 e. The molecule has 0 unspecified atom stereocenters. The standard InChI is InChI=1S/C14H18N2O6S/c17-8-10-22-9-7-15-23(20,21)12-3-1-11(2-4-12)16-13(18)5-6-14(16)19/h1-4,15,17H,5-10H2. The van der Waals surface area contributed by atoms with E-state index in [1.165, 1.54) is 24.3 Å². The van der Waals surface area contributed by atoms with Gasteiger partial charge in [0, 0.05) is 19.4 Å². The second-order valence-electron chi connectivity index (χ2n) is 4.85. The van der Waals surface area contributed by atoms with Crippen LogP contribution in [0, 0.1) is 0 Å². The summed E-state index contributed by atoms with van der Waals surface area (Å²) in [5.41, 5.74) is 0.364. The molecule has 1 saturated heterocycles. The van der Waals surface area contributed by atoms with Gasteiger partial charge in [-0.3, -0.25) is 14.5 Å². The van der Waals surface area contributed by atoms with Gasteiger partial charge in [0.2, 0.25) is 21.8 Å².